The van der Waals surface area contributed by atoms with E-state index in [1.54, 1.807) is 4.40 Å². The molecule has 158 valence electrons. The molecule has 5 aromatic rings. The van der Waals surface area contributed by atoms with Gasteiger partial charge in [-0.2, -0.15) is 4.98 Å². The number of nitrogens with zero attached hydrogens (tertiary/aromatic N) is 5. The molecular weight excluding hydrogens is 420 g/mol. The molecule has 1 aliphatic carbocycles. The summed E-state index contributed by atoms with van der Waals surface area (Å²) in [7, 11) is 2.00. The summed E-state index contributed by atoms with van der Waals surface area (Å²) in [6.45, 7) is 0. The van der Waals surface area contributed by atoms with Crippen LogP contribution in [0.15, 0.2) is 66.7 Å². The van der Waals surface area contributed by atoms with Crippen LogP contribution in [0, 0.1) is 0 Å². The van der Waals surface area contributed by atoms with Gasteiger partial charge in [0.05, 0.1) is 5.52 Å². The highest BCUT2D eigenvalue weighted by Crippen LogP contribution is 2.40. The summed E-state index contributed by atoms with van der Waals surface area (Å²) in [5.41, 5.74) is 12.3. The van der Waals surface area contributed by atoms with Gasteiger partial charge in [-0.25, -0.2) is 4.40 Å². The molecule has 0 amide bonds. The SMILES string of the molecule is CN(c1cccc(-c2ccc(C3CC3)cc2)c1)c1nc2nnc(Cl)n2c2cc(N)ccc12. The minimum atomic E-state index is 0.258. The van der Waals surface area contributed by atoms with E-state index in [1.165, 1.54) is 24.0 Å². The maximum absolute atomic E-state index is 6.27. The lowest BCUT2D eigenvalue weighted by molar-refractivity contribution is 1.08. The number of nitrogen functional groups attached to an aromatic ring is 1. The van der Waals surface area contributed by atoms with Gasteiger partial charge in [0.15, 0.2) is 0 Å². The number of hydrogen-bond acceptors (Lipinski definition) is 5. The fourth-order valence-corrected chi connectivity index (χ4v) is 4.46. The van der Waals surface area contributed by atoms with Gasteiger partial charge in [-0.3, -0.25) is 0 Å². The maximum atomic E-state index is 6.27. The first-order valence-electron chi connectivity index (χ1n) is 10.6. The summed E-state index contributed by atoms with van der Waals surface area (Å²) in [6, 6.07) is 23.1. The van der Waals surface area contributed by atoms with Gasteiger partial charge in [0.1, 0.15) is 5.82 Å². The Kier molecular flexibility index (Phi) is 4.30. The highest BCUT2D eigenvalue weighted by molar-refractivity contribution is 6.29. The van der Waals surface area contributed by atoms with Crippen molar-refractivity contribution in [2.75, 3.05) is 17.7 Å². The first-order chi connectivity index (χ1) is 15.6. The van der Waals surface area contributed by atoms with E-state index in [-0.39, 0.29) is 5.28 Å². The van der Waals surface area contributed by atoms with Crippen molar-refractivity contribution in [2.45, 2.75) is 18.8 Å². The fourth-order valence-electron chi connectivity index (χ4n) is 4.25. The van der Waals surface area contributed by atoms with Crippen molar-refractivity contribution in [1.29, 1.82) is 0 Å². The summed E-state index contributed by atoms with van der Waals surface area (Å²) >= 11 is 6.27. The quantitative estimate of drug-likeness (QED) is 0.356. The predicted octanol–water partition coefficient (Wildman–Crippen LogP) is 5.83. The monoisotopic (exact) mass is 440 g/mol. The topological polar surface area (TPSA) is 72.3 Å². The Bertz CT molecular complexity index is 1470. The van der Waals surface area contributed by atoms with Crippen LogP contribution >= 0.6 is 11.6 Å². The molecule has 0 saturated heterocycles. The van der Waals surface area contributed by atoms with E-state index in [2.05, 4.69) is 63.6 Å². The molecule has 0 atom stereocenters. The summed E-state index contributed by atoms with van der Waals surface area (Å²) in [6.07, 6.45) is 2.63. The molecule has 2 N–H and O–H groups in total. The zero-order chi connectivity index (χ0) is 21.8. The molecular formula is C25H21ClN6. The normalized spacial score (nSPS) is 13.7. The molecule has 6 rings (SSSR count). The van der Waals surface area contributed by atoms with Gasteiger partial charge in [0, 0.05) is 23.8 Å². The average molecular weight is 441 g/mol. The van der Waals surface area contributed by atoms with E-state index in [1.807, 2.05) is 25.2 Å². The lowest BCUT2D eigenvalue weighted by atomic mass is 10.0. The first kappa shape index (κ1) is 19.1. The fraction of sp³-hybridized carbons (Fsp3) is 0.160. The minimum Gasteiger partial charge on any atom is -0.399 e. The van der Waals surface area contributed by atoms with Crippen molar-refractivity contribution in [3.8, 4) is 11.1 Å². The molecule has 0 spiro atoms. The van der Waals surface area contributed by atoms with Crippen molar-refractivity contribution in [3.05, 3.63) is 77.6 Å². The number of rotatable bonds is 4. The summed E-state index contributed by atoms with van der Waals surface area (Å²) in [4.78, 5) is 6.82. The molecule has 32 heavy (non-hydrogen) atoms. The van der Waals surface area contributed by atoms with Crippen LogP contribution in [0.25, 0.3) is 27.8 Å². The number of benzene rings is 3. The molecule has 6 nitrogen and oxygen atoms in total. The third-order valence-electron chi connectivity index (χ3n) is 6.16. The van der Waals surface area contributed by atoms with Crippen molar-refractivity contribution in [3.63, 3.8) is 0 Å². The lowest BCUT2D eigenvalue weighted by Gasteiger charge is -2.21. The molecule has 0 unspecified atom stereocenters. The molecule has 1 aliphatic rings. The Morgan fingerprint density at radius 3 is 2.56 bits per heavy atom. The van der Waals surface area contributed by atoms with Crippen LogP contribution in [0.5, 0.6) is 0 Å². The van der Waals surface area contributed by atoms with Gasteiger partial charge in [0.25, 0.3) is 5.78 Å². The number of hydrogen-bond donors (Lipinski definition) is 1. The molecule has 2 aromatic heterocycles. The Morgan fingerprint density at radius 2 is 1.78 bits per heavy atom. The minimum absolute atomic E-state index is 0.258. The maximum Gasteiger partial charge on any atom is 0.258 e. The molecule has 0 bridgehead atoms. The number of anilines is 3. The van der Waals surface area contributed by atoms with Crippen molar-refractivity contribution in [2.24, 2.45) is 0 Å². The number of nitrogens with two attached hydrogens (primary N) is 1. The van der Waals surface area contributed by atoms with Crippen molar-refractivity contribution < 1.29 is 0 Å². The average Bonchev–Trinajstić information content (AvgIpc) is 3.61. The number of aromatic nitrogens is 4. The van der Waals surface area contributed by atoms with Gasteiger partial charge in [0.2, 0.25) is 5.28 Å². The van der Waals surface area contributed by atoms with E-state index in [9.17, 15) is 0 Å². The van der Waals surface area contributed by atoms with Crippen molar-refractivity contribution in [1.82, 2.24) is 19.6 Å². The van der Waals surface area contributed by atoms with Crippen molar-refractivity contribution >= 4 is 45.5 Å². The Morgan fingerprint density at radius 1 is 0.969 bits per heavy atom. The summed E-state index contributed by atoms with van der Waals surface area (Å²) < 4.78 is 1.71. The Balaban J connectivity index is 1.44. The van der Waals surface area contributed by atoms with Gasteiger partial charge >= 0.3 is 0 Å². The van der Waals surface area contributed by atoms with Gasteiger partial charge in [-0.05, 0) is 77.4 Å². The standard InChI is InChI=1S/C25H21ClN6/c1-31(20-4-2-3-18(13-20)17-9-7-16(8-10-17)15-5-6-15)23-21-12-11-19(27)14-22(21)32-24(26)29-30-25(32)28-23/h2-4,7-15H,5-6,27H2,1H3. The molecule has 2 heterocycles. The van der Waals surface area contributed by atoms with E-state index in [4.69, 9.17) is 22.3 Å². The second kappa shape index (κ2) is 7.21. The largest absolute Gasteiger partial charge is 0.399 e. The first-order valence-corrected chi connectivity index (χ1v) is 11.0. The molecule has 1 saturated carbocycles. The highest BCUT2D eigenvalue weighted by atomic mass is 35.5. The molecule has 7 heteroatoms. The second-order valence-electron chi connectivity index (χ2n) is 8.32. The zero-order valence-electron chi connectivity index (χ0n) is 17.5. The third kappa shape index (κ3) is 3.15. The van der Waals surface area contributed by atoms with Crippen LogP contribution in [0.2, 0.25) is 5.28 Å². The van der Waals surface area contributed by atoms with Gasteiger partial charge in [-0.15, -0.1) is 10.2 Å². The third-order valence-corrected chi connectivity index (χ3v) is 6.40. The molecule has 0 aliphatic heterocycles. The zero-order valence-corrected chi connectivity index (χ0v) is 18.3. The van der Waals surface area contributed by atoms with Crippen LogP contribution in [0.3, 0.4) is 0 Å². The molecule has 1 fully saturated rings. The lowest BCUT2D eigenvalue weighted by Crippen LogP contribution is -2.13. The van der Waals surface area contributed by atoms with E-state index >= 15 is 0 Å². The number of halogens is 1. The van der Waals surface area contributed by atoms with Crippen LogP contribution in [-0.4, -0.2) is 26.6 Å². The van der Waals surface area contributed by atoms with Crippen LogP contribution in [0.4, 0.5) is 17.2 Å². The predicted molar refractivity (Wildman–Crippen MR) is 130 cm³/mol. The highest BCUT2D eigenvalue weighted by Gasteiger charge is 2.23. The Labute approximate surface area is 190 Å². The van der Waals surface area contributed by atoms with Crippen LogP contribution < -0.4 is 10.6 Å². The van der Waals surface area contributed by atoms with Gasteiger partial charge < -0.3 is 10.6 Å². The molecule has 0 radical (unpaired) electrons. The molecule has 3 aromatic carbocycles. The summed E-state index contributed by atoms with van der Waals surface area (Å²) in [5, 5.41) is 9.28. The summed E-state index contributed by atoms with van der Waals surface area (Å²) in [5.74, 6) is 1.95. The van der Waals surface area contributed by atoms with Crippen LogP contribution in [-0.2, 0) is 0 Å². The second-order valence-corrected chi connectivity index (χ2v) is 8.66. The Hall–Kier alpha value is -3.64. The van der Waals surface area contributed by atoms with E-state index < -0.39 is 0 Å². The number of fused-ring (bicyclic) bond motifs is 3. The smallest absolute Gasteiger partial charge is 0.258 e. The van der Waals surface area contributed by atoms with Gasteiger partial charge in [-0.1, -0.05) is 36.4 Å². The van der Waals surface area contributed by atoms with E-state index in [0.29, 0.717) is 11.5 Å². The van der Waals surface area contributed by atoms with E-state index in [0.717, 1.165) is 33.9 Å². The van der Waals surface area contributed by atoms with Crippen LogP contribution in [0.1, 0.15) is 24.3 Å².